The van der Waals surface area contributed by atoms with Crippen molar-refractivity contribution < 1.29 is 17.6 Å². The third-order valence-corrected chi connectivity index (χ3v) is 6.12. The lowest BCUT2D eigenvalue weighted by molar-refractivity contribution is 0.514. The van der Waals surface area contributed by atoms with Crippen LogP contribution in [0.4, 0.5) is 28.9 Å². The molecule has 10 heteroatoms. The molecule has 0 amide bonds. The molecule has 0 unspecified atom stereocenters. The molecule has 0 aliphatic heterocycles. The van der Waals surface area contributed by atoms with Gasteiger partial charge in [-0.05, 0) is 62.4 Å². The Morgan fingerprint density at radius 2 is 0.946 bits per heavy atom. The Bertz CT molecular complexity index is 1360. The maximum Gasteiger partial charge on any atom is 0.224 e. The second kappa shape index (κ2) is 9.76. The number of aromatic nitrogens is 4. The average molecular weight is 511 g/mol. The fourth-order valence-electron chi connectivity index (χ4n) is 3.80. The van der Waals surface area contributed by atoms with Gasteiger partial charge in [0.05, 0.1) is 33.9 Å². The Balaban J connectivity index is 1.92. The summed E-state index contributed by atoms with van der Waals surface area (Å²) < 4.78 is 56.1. The third-order valence-electron chi connectivity index (χ3n) is 6.12. The minimum Gasteiger partial charge on any atom is -0.378 e. The van der Waals surface area contributed by atoms with Gasteiger partial charge in [-0.25, -0.2) is 0 Å². The lowest BCUT2D eigenvalue weighted by Crippen LogP contribution is -2.24. The number of hydrogen-bond acceptors (Lipinski definition) is 6. The van der Waals surface area contributed by atoms with Gasteiger partial charge in [0.2, 0.25) is 23.8 Å². The number of rotatable bonds is 6. The fourth-order valence-corrected chi connectivity index (χ4v) is 3.80. The van der Waals surface area contributed by atoms with Crippen molar-refractivity contribution in [2.24, 2.45) is 0 Å². The molecule has 4 aromatic rings. The summed E-state index contributed by atoms with van der Waals surface area (Å²) in [6.45, 7) is 3.78. The van der Waals surface area contributed by atoms with E-state index in [1.54, 1.807) is 12.1 Å². The van der Waals surface area contributed by atoms with E-state index in [2.05, 4.69) is 9.97 Å². The number of hydrogen-bond donors (Lipinski definition) is 0. The van der Waals surface area contributed by atoms with Gasteiger partial charge in [-0.15, -0.1) is 0 Å². The summed E-state index contributed by atoms with van der Waals surface area (Å²) in [4.78, 5) is 19.7. The van der Waals surface area contributed by atoms with Gasteiger partial charge in [-0.3, -0.25) is 9.97 Å². The molecule has 6 nitrogen and oxygen atoms in total. The highest BCUT2D eigenvalue weighted by atomic mass is 19.1. The first-order valence-corrected chi connectivity index (χ1v) is 11.4. The van der Waals surface area contributed by atoms with Crippen molar-refractivity contribution >= 4 is 11.4 Å². The molecule has 0 saturated carbocycles. The van der Waals surface area contributed by atoms with Gasteiger partial charge < -0.3 is 9.80 Å². The normalized spacial score (nSPS) is 11.5. The first kappa shape index (κ1) is 26.0. The zero-order chi connectivity index (χ0) is 27.1. The van der Waals surface area contributed by atoms with Crippen molar-refractivity contribution in [1.82, 2.24) is 19.9 Å². The van der Waals surface area contributed by atoms with Crippen LogP contribution < -0.4 is 9.80 Å². The number of pyridine rings is 4. The van der Waals surface area contributed by atoms with Gasteiger partial charge in [0.15, 0.2) is 0 Å². The van der Waals surface area contributed by atoms with Crippen LogP contribution in [0.3, 0.4) is 0 Å². The Hall–Kier alpha value is -4.08. The van der Waals surface area contributed by atoms with E-state index in [-0.39, 0.29) is 22.5 Å². The molecule has 0 aromatic carbocycles. The molecule has 4 aromatic heterocycles. The van der Waals surface area contributed by atoms with Crippen molar-refractivity contribution in [2.75, 3.05) is 38.0 Å². The van der Waals surface area contributed by atoms with Crippen LogP contribution in [0, 0.1) is 23.8 Å². The van der Waals surface area contributed by atoms with Crippen LogP contribution in [-0.2, 0) is 5.41 Å². The molecule has 0 bridgehead atoms. The topological polar surface area (TPSA) is 58.0 Å². The third kappa shape index (κ3) is 5.23. The van der Waals surface area contributed by atoms with E-state index in [9.17, 15) is 17.6 Å². The Morgan fingerprint density at radius 3 is 1.27 bits per heavy atom. The van der Waals surface area contributed by atoms with Crippen LogP contribution in [0.1, 0.15) is 25.2 Å². The lowest BCUT2D eigenvalue weighted by Gasteiger charge is -2.28. The van der Waals surface area contributed by atoms with Gasteiger partial charge in [-0.2, -0.15) is 27.5 Å². The van der Waals surface area contributed by atoms with Crippen molar-refractivity contribution in [3.63, 3.8) is 0 Å². The first-order chi connectivity index (χ1) is 17.4. The SMILES string of the molecule is CN(C)c1cc(-c2ccc(F)nc2F)nc(C(C)(C)c2cc(N(C)C)cc(-c3ccc(F)nc3F)n2)c1. The smallest absolute Gasteiger partial charge is 0.224 e. The quantitative estimate of drug-likeness (QED) is 0.248. The van der Waals surface area contributed by atoms with Crippen LogP contribution in [-0.4, -0.2) is 48.1 Å². The monoisotopic (exact) mass is 510 g/mol. The van der Waals surface area contributed by atoms with Gasteiger partial charge in [0.25, 0.3) is 0 Å². The van der Waals surface area contributed by atoms with Crippen molar-refractivity contribution in [3.05, 3.63) is 83.7 Å². The van der Waals surface area contributed by atoms with Crippen LogP contribution in [0.25, 0.3) is 22.5 Å². The van der Waals surface area contributed by atoms with E-state index < -0.39 is 29.2 Å². The number of anilines is 2. The molecule has 0 spiro atoms. The summed E-state index contributed by atoms with van der Waals surface area (Å²) in [6.07, 6.45) is 0. The lowest BCUT2D eigenvalue weighted by atomic mass is 9.83. The van der Waals surface area contributed by atoms with E-state index in [0.717, 1.165) is 23.5 Å². The minimum absolute atomic E-state index is 0.0531. The summed E-state index contributed by atoms with van der Waals surface area (Å²) in [5.41, 5.74) is 2.36. The van der Waals surface area contributed by atoms with Crippen molar-refractivity contribution in [1.29, 1.82) is 0 Å². The van der Waals surface area contributed by atoms with E-state index >= 15 is 0 Å². The molecule has 0 atom stereocenters. The first-order valence-electron chi connectivity index (χ1n) is 11.4. The number of halogens is 4. The summed E-state index contributed by atoms with van der Waals surface area (Å²) in [7, 11) is 7.34. The molecule has 0 fully saturated rings. The van der Waals surface area contributed by atoms with Crippen LogP contribution in [0.5, 0.6) is 0 Å². The standard InChI is InChI=1S/C27H26F4N6/c1-27(2,21-13-15(36(3)4)11-19(32-21)17-7-9-23(28)34-25(17)30)22-14-16(37(5)6)12-20(33-22)18-8-10-24(29)35-26(18)31/h7-14H,1-6H3. The van der Waals surface area contributed by atoms with Crippen molar-refractivity contribution in [2.45, 2.75) is 19.3 Å². The van der Waals surface area contributed by atoms with Crippen LogP contribution >= 0.6 is 0 Å². The summed E-state index contributed by atoms with van der Waals surface area (Å²) in [6, 6.07) is 11.8. The predicted molar refractivity (Wildman–Crippen MR) is 136 cm³/mol. The molecule has 0 radical (unpaired) electrons. The van der Waals surface area contributed by atoms with Crippen molar-refractivity contribution in [3.8, 4) is 22.5 Å². The molecule has 192 valence electrons. The number of nitrogens with zero attached hydrogens (tertiary/aromatic N) is 6. The largest absolute Gasteiger partial charge is 0.378 e. The van der Waals surface area contributed by atoms with E-state index in [1.165, 1.54) is 12.1 Å². The molecule has 0 aliphatic rings. The van der Waals surface area contributed by atoms with E-state index in [1.807, 2.05) is 64.0 Å². The molecule has 0 N–H and O–H groups in total. The van der Waals surface area contributed by atoms with E-state index in [0.29, 0.717) is 11.4 Å². The zero-order valence-corrected chi connectivity index (χ0v) is 21.3. The molecule has 0 saturated heterocycles. The highest BCUT2D eigenvalue weighted by molar-refractivity contribution is 5.68. The second-order valence-corrected chi connectivity index (χ2v) is 9.55. The molecule has 4 rings (SSSR count). The Labute approximate surface area is 212 Å². The Morgan fingerprint density at radius 1 is 0.568 bits per heavy atom. The minimum atomic E-state index is -0.971. The van der Waals surface area contributed by atoms with Gasteiger partial charge in [0.1, 0.15) is 0 Å². The maximum absolute atomic E-state index is 14.6. The summed E-state index contributed by atoms with van der Waals surface area (Å²) in [5, 5.41) is 0. The summed E-state index contributed by atoms with van der Waals surface area (Å²) in [5.74, 6) is -3.79. The fraction of sp³-hybridized carbons (Fsp3) is 0.259. The van der Waals surface area contributed by atoms with Gasteiger partial charge in [0, 0.05) is 45.0 Å². The molecular weight excluding hydrogens is 484 g/mol. The highest BCUT2D eigenvalue weighted by Gasteiger charge is 2.30. The van der Waals surface area contributed by atoms with Crippen LogP contribution in [0.15, 0.2) is 48.5 Å². The maximum atomic E-state index is 14.6. The summed E-state index contributed by atoms with van der Waals surface area (Å²) >= 11 is 0. The van der Waals surface area contributed by atoms with Crippen LogP contribution in [0.2, 0.25) is 0 Å². The Kier molecular flexibility index (Phi) is 6.86. The molecule has 4 heterocycles. The second-order valence-electron chi connectivity index (χ2n) is 9.55. The highest BCUT2D eigenvalue weighted by Crippen LogP contribution is 2.37. The zero-order valence-electron chi connectivity index (χ0n) is 21.3. The molecular formula is C27H26F4N6. The molecule has 37 heavy (non-hydrogen) atoms. The predicted octanol–water partition coefficient (Wildman–Crippen LogP) is 5.61. The van der Waals surface area contributed by atoms with E-state index in [4.69, 9.17) is 9.97 Å². The van der Waals surface area contributed by atoms with Gasteiger partial charge in [-0.1, -0.05) is 0 Å². The molecule has 0 aliphatic carbocycles. The average Bonchev–Trinajstić information content (AvgIpc) is 2.83. The van der Waals surface area contributed by atoms with Gasteiger partial charge >= 0.3 is 0 Å².